The molecular weight excluding hydrogens is 469 g/mol. The van der Waals surface area contributed by atoms with E-state index in [9.17, 15) is 26.4 Å². The van der Waals surface area contributed by atoms with Crippen molar-refractivity contribution in [2.75, 3.05) is 18.5 Å². The lowest BCUT2D eigenvalue weighted by Gasteiger charge is -2.22. The number of sulfonamides is 1. The molecule has 0 fully saturated rings. The Morgan fingerprint density at radius 2 is 1.71 bits per heavy atom. The first-order chi connectivity index (χ1) is 16.1. The first kappa shape index (κ1) is 25.3. The second-order valence-electron chi connectivity index (χ2n) is 7.39. The number of ether oxygens (including phenoxy) is 1. The quantitative estimate of drug-likeness (QED) is 0.442. The smallest absolute Gasteiger partial charge is 0.243 e. The molecular formula is C24H23F3N2O4S. The first-order valence-electron chi connectivity index (χ1n) is 10.3. The van der Waals surface area contributed by atoms with Crippen molar-refractivity contribution in [2.45, 2.75) is 25.3 Å². The number of carbonyl (C=O) groups is 1. The third kappa shape index (κ3) is 5.75. The molecule has 0 spiro atoms. The van der Waals surface area contributed by atoms with Gasteiger partial charge >= 0.3 is 0 Å². The van der Waals surface area contributed by atoms with Gasteiger partial charge in [0, 0.05) is 6.54 Å². The van der Waals surface area contributed by atoms with Crippen LogP contribution in [0.15, 0.2) is 65.6 Å². The summed E-state index contributed by atoms with van der Waals surface area (Å²) in [5.74, 6) is -5.12. The zero-order valence-electron chi connectivity index (χ0n) is 18.5. The summed E-state index contributed by atoms with van der Waals surface area (Å²) in [7, 11) is -4.18. The molecule has 0 heterocycles. The average molecular weight is 493 g/mol. The van der Waals surface area contributed by atoms with Crippen molar-refractivity contribution in [2.24, 2.45) is 0 Å². The van der Waals surface area contributed by atoms with Crippen molar-refractivity contribution in [1.29, 1.82) is 0 Å². The van der Waals surface area contributed by atoms with Crippen LogP contribution in [0.1, 0.15) is 18.1 Å². The Balaban J connectivity index is 1.91. The fraction of sp³-hybridized carbons (Fsp3) is 0.208. The number of nitrogens with zero attached hydrogens (tertiary/aromatic N) is 1. The summed E-state index contributed by atoms with van der Waals surface area (Å²) >= 11 is 0. The maximum absolute atomic E-state index is 14.0. The molecule has 6 nitrogen and oxygen atoms in total. The van der Waals surface area contributed by atoms with Gasteiger partial charge in [0.05, 0.1) is 23.7 Å². The van der Waals surface area contributed by atoms with Crippen LogP contribution in [0, 0.1) is 24.4 Å². The van der Waals surface area contributed by atoms with E-state index in [1.807, 2.05) is 0 Å². The third-order valence-corrected chi connectivity index (χ3v) is 6.70. The Hall–Kier alpha value is -3.37. The molecule has 0 aromatic heterocycles. The summed E-state index contributed by atoms with van der Waals surface area (Å²) in [5, 5.41) is 2.11. The number of aryl methyl sites for hydroxylation is 1. The van der Waals surface area contributed by atoms with Gasteiger partial charge in [0.15, 0.2) is 17.5 Å². The number of halogens is 3. The topological polar surface area (TPSA) is 75.7 Å². The molecule has 0 aliphatic heterocycles. The predicted molar refractivity (Wildman–Crippen MR) is 121 cm³/mol. The minimum atomic E-state index is -4.18. The number of hydrogen-bond acceptors (Lipinski definition) is 4. The van der Waals surface area contributed by atoms with Crippen LogP contribution in [0.5, 0.6) is 5.75 Å². The highest BCUT2D eigenvalue weighted by atomic mass is 32.2. The summed E-state index contributed by atoms with van der Waals surface area (Å²) in [4.78, 5) is 12.6. The highest BCUT2D eigenvalue weighted by Gasteiger charge is 2.28. The van der Waals surface area contributed by atoms with Crippen LogP contribution >= 0.6 is 0 Å². The molecule has 10 heteroatoms. The Kier molecular flexibility index (Phi) is 7.95. The van der Waals surface area contributed by atoms with E-state index in [1.54, 1.807) is 44.2 Å². The second-order valence-corrected chi connectivity index (χ2v) is 9.33. The molecule has 0 bridgehead atoms. The van der Waals surface area contributed by atoms with Crippen LogP contribution in [-0.2, 0) is 21.4 Å². The third-order valence-electron chi connectivity index (χ3n) is 4.91. The molecule has 3 aromatic carbocycles. The summed E-state index contributed by atoms with van der Waals surface area (Å²) in [5.41, 5.74) is 0.606. The van der Waals surface area contributed by atoms with Crippen molar-refractivity contribution >= 4 is 21.6 Å². The molecule has 0 atom stereocenters. The van der Waals surface area contributed by atoms with E-state index in [4.69, 9.17) is 4.74 Å². The number of anilines is 1. The van der Waals surface area contributed by atoms with Crippen molar-refractivity contribution < 1.29 is 31.1 Å². The van der Waals surface area contributed by atoms with E-state index in [2.05, 4.69) is 5.32 Å². The Morgan fingerprint density at radius 3 is 2.35 bits per heavy atom. The van der Waals surface area contributed by atoms with E-state index in [-0.39, 0.29) is 11.4 Å². The van der Waals surface area contributed by atoms with Crippen LogP contribution < -0.4 is 10.1 Å². The van der Waals surface area contributed by atoms with Gasteiger partial charge in [-0.05, 0) is 55.3 Å². The Morgan fingerprint density at radius 1 is 1.00 bits per heavy atom. The number of nitrogens with one attached hydrogen (secondary N) is 1. The normalized spacial score (nSPS) is 11.5. The minimum Gasteiger partial charge on any atom is -0.494 e. The Labute approximate surface area is 196 Å². The van der Waals surface area contributed by atoms with Gasteiger partial charge in [0.2, 0.25) is 15.9 Å². The van der Waals surface area contributed by atoms with Gasteiger partial charge in [-0.3, -0.25) is 4.79 Å². The Bertz CT molecular complexity index is 1280. The summed E-state index contributed by atoms with van der Waals surface area (Å²) in [6, 6.07) is 14.4. The van der Waals surface area contributed by atoms with E-state index < -0.39 is 45.6 Å². The van der Waals surface area contributed by atoms with Crippen LogP contribution in [0.25, 0.3) is 0 Å². The van der Waals surface area contributed by atoms with Crippen molar-refractivity contribution in [3.05, 3.63) is 89.2 Å². The standard InChI is InChI=1S/C24H23F3N2O4S/c1-3-33-21-12-9-18(13-16(21)2)34(31,32)29(14-17-7-5-4-6-8-17)15-22(30)28-20-11-10-19(25)23(26)24(20)27/h4-13H,3,14-15H2,1-2H3,(H,28,30). The van der Waals surface area contributed by atoms with Crippen LogP contribution in [0.2, 0.25) is 0 Å². The zero-order chi connectivity index (χ0) is 24.9. The van der Waals surface area contributed by atoms with Gasteiger partial charge in [0.25, 0.3) is 0 Å². The number of benzene rings is 3. The lowest BCUT2D eigenvalue weighted by atomic mass is 10.2. The van der Waals surface area contributed by atoms with Crippen LogP contribution in [0.3, 0.4) is 0 Å². The number of carbonyl (C=O) groups excluding carboxylic acids is 1. The number of hydrogen-bond donors (Lipinski definition) is 1. The summed E-state index contributed by atoms with van der Waals surface area (Å²) in [6.07, 6.45) is 0. The largest absolute Gasteiger partial charge is 0.494 e. The van der Waals surface area contributed by atoms with Gasteiger partial charge in [-0.15, -0.1) is 0 Å². The second kappa shape index (κ2) is 10.7. The molecule has 0 radical (unpaired) electrons. The van der Waals surface area contributed by atoms with E-state index in [0.29, 0.717) is 29.5 Å². The fourth-order valence-electron chi connectivity index (χ4n) is 3.23. The first-order valence-corrected chi connectivity index (χ1v) is 11.8. The van der Waals surface area contributed by atoms with Crippen LogP contribution in [-0.4, -0.2) is 31.8 Å². The highest BCUT2D eigenvalue weighted by molar-refractivity contribution is 7.89. The molecule has 1 N–H and O–H groups in total. The van der Waals surface area contributed by atoms with Crippen molar-refractivity contribution in [1.82, 2.24) is 4.31 Å². The monoisotopic (exact) mass is 492 g/mol. The molecule has 0 unspecified atom stereocenters. The maximum atomic E-state index is 14.0. The van der Waals surface area contributed by atoms with Crippen molar-refractivity contribution in [3.63, 3.8) is 0 Å². The molecule has 34 heavy (non-hydrogen) atoms. The van der Waals surface area contributed by atoms with Gasteiger partial charge in [0.1, 0.15) is 5.75 Å². The van der Waals surface area contributed by atoms with E-state index >= 15 is 0 Å². The lowest BCUT2D eigenvalue weighted by Crippen LogP contribution is -2.37. The molecule has 3 rings (SSSR count). The van der Waals surface area contributed by atoms with E-state index in [1.165, 1.54) is 18.2 Å². The minimum absolute atomic E-state index is 0.0591. The fourth-order valence-corrected chi connectivity index (χ4v) is 4.70. The molecule has 0 saturated heterocycles. The van der Waals surface area contributed by atoms with Gasteiger partial charge in [-0.1, -0.05) is 30.3 Å². The van der Waals surface area contributed by atoms with Crippen LogP contribution in [0.4, 0.5) is 18.9 Å². The summed E-state index contributed by atoms with van der Waals surface area (Å²) < 4.78 is 73.9. The van der Waals surface area contributed by atoms with Crippen molar-refractivity contribution in [3.8, 4) is 5.75 Å². The lowest BCUT2D eigenvalue weighted by molar-refractivity contribution is -0.116. The maximum Gasteiger partial charge on any atom is 0.243 e. The molecule has 3 aromatic rings. The van der Waals surface area contributed by atoms with Gasteiger partial charge < -0.3 is 10.1 Å². The zero-order valence-corrected chi connectivity index (χ0v) is 19.3. The SMILES string of the molecule is CCOc1ccc(S(=O)(=O)N(CC(=O)Nc2ccc(F)c(F)c2F)Cc2ccccc2)cc1C. The summed E-state index contributed by atoms with van der Waals surface area (Å²) in [6.45, 7) is 3.07. The molecule has 0 aliphatic rings. The molecule has 0 aliphatic carbocycles. The average Bonchev–Trinajstić information content (AvgIpc) is 2.81. The number of rotatable bonds is 9. The molecule has 180 valence electrons. The van der Waals surface area contributed by atoms with Gasteiger partial charge in [-0.2, -0.15) is 4.31 Å². The van der Waals surface area contributed by atoms with E-state index in [0.717, 1.165) is 10.4 Å². The van der Waals surface area contributed by atoms with Gasteiger partial charge in [-0.25, -0.2) is 21.6 Å². The predicted octanol–water partition coefficient (Wildman–Crippen LogP) is 4.64. The number of amides is 1. The molecule has 0 saturated carbocycles. The molecule has 1 amide bonds. The highest BCUT2D eigenvalue weighted by Crippen LogP contribution is 2.26.